The van der Waals surface area contributed by atoms with Crippen LogP contribution in [0.15, 0.2) is 0 Å². The van der Waals surface area contributed by atoms with Gasteiger partial charge in [-0.3, -0.25) is 4.90 Å². The molecule has 1 rings (SSSR count). The second-order valence-electron chi connectivity index (χ2n) is 7.71. The van der Waals surface area contributed by atoms with Crippen LogP contribution in [0, 0.1) is 5.92 Å². The van der Waals surface area contributed by atoms with E-state index in [9.17, 15) is 20.1 Å². The monoisotopic (exact) mass is 362 g/mol. The first-order chi connectivity index (χ1) is 11.7. The van der Waals surface area contributed by atoms with Crippen LogP contribution in [-0.2, 0) is 4.74 Å². The molecule has 1 aliphatic heterocycles. The molecule has 8 nitrogen and oxygen atoms in total. The van der Waals surface area contributed by atoms with Gasteiger partial charge in [-0.1, -0.05) is 0 Å². The first-order valence-corrected chi connectivity index (χ1v) is 8.94. The van der Waals surface area contributed by atoms with Crippen molar-refractivity contribution in [3.63, 3.8) is 0 Å². The summed E-state index contributed by atoms with van der Waals surface area (Å²) in [5, 5.41) is 37.5. The zero-order valence-electron chi connectivity index (χ0n) is 15.6. The van der Waals surface area contributed by atoms with E-state index in [4.69, 9.17) is 9.84 Å². The Morgan fingerprint density at radius 1 is 1.20 bits per heavy atom. The molecule has 4 N–H and O–H groups in total. The summed E-state index contributed by atoms with van der Waals surface area (Å²) < 4.78 is 5.38. The molecule has 0 aliphatic carbocycles. The van der Waals surface area contributed by atoms with E-state index in [0.717, 1.165) is 12.8 Å². The summed E-state index contributed by atoms with van der Waals surface area (Å²) in [5.74, 6) is 0.337. The van der Waals surface area contributed by atoms with Gasteiger partial charge in [0, 0.05) is 32.7 Å². The van der Waals surface area contributed by atoms with Crippen LogP contribution in [-0.4, -0.2) is 100 Å². The Morgan fingerprint density at radius 3 is 2.28 bits per heavy atom. The van der Waals surface area contributed by atoms with E-state index in [-0.39, 0.29) is 19.2 Å². The zero-order valence-corrected chi connectivity index (χ0v) is 15.6. The second kappa shape index (κ2) is 10.3. The van der Waals surface area contributed by atoms with Crippen LogP contribution in [0.25, 0.3) is 0 Å². The summed E-state index contributed by atoms with van der Waals surface area (Å²) in [5.41, 5.74) is -0.504. The van der Waals surface area contributed by atoms with Crippen LogP contribution < -0.4 is 0 Å². The van der Waals surface area contributed by atoms with E-state index >= 15 is 0 Å². The maximum absolute atomic E-state index is 12.1. The Morgan fingerprint density at radius 2 is 1.80 bits per heavy atom. The largest absolute Gasteiger partial charge is 0.444 e. The lowest BCUT2D eigenvalue weighted by atomic mass is 9.96. The van der Waals surface area contributed by atoms with Crippen molar-refractivity contribution < 1.29 is 30.0 Å². The minimum Gasteiger partial charge on any atom is -0.444 e. The summed E-state index contributed by atoms with van der Waals surface area (Å²) in [6.07, 6.45) is -0.895. The van der Waals surface area contributed by atoms with Crippen LogP contribution in [0.3, 0.4) is 0 Å². The summed E-state index contributed by atoms with van der Waals surface area (Å²) in [6, 6.07) is 0. The number of ether oxygens (including phenoxy) is 1. The van der Waals surface area contributed by atoms with E-state index in [0.29, 0.717) is 32.1 Å². The maximum atomic E-state index is 12.1. The molecule has 0 saturated carbocycles. The van der Waals surface area contributed by atoms with E-state index < -0.39 is 24.4 Å². The van der Waals surface area contributed by atoms with Crippen molar-refractivity contribution in [2.24, 2.45) is 5.92 Å². The Bertz CT molecular complexity index is 393. The van der Waals surface area contributed by atoms with Gasteiger partial charge in [0.05, 0.1) is 19.3 Å². The molecule has 1 heterocycles. The number of aliphatic hydroxyl groups excluding tert-OH is 4. The first-order valence-electron chi connectivity index (χ1n) is 8.94. The van der Waals surface area contributed by atoms with Crippen molar-refractivity contribution in [2.45, 2.75) is 51.4 Å². The fraction of sp³-hybridized carbons (Fsp3) is 0.941. The van der Waals surface area contributed by atoms with Gasteiger partial charge < -0.3 is 30.1 Å². The molecule has 1 saturated heterocycles. The third-order valence-electron chi connectivity index (χ3n) is 4.28. The summed E-state index contributed by atoms with van der Waals surface area (Å²) >= 11 is 0. The van der Waals surface area contributed by atoms with Gasteiger partial charge in [0.15, 0.2) is 0 Å². The summed E-state index contributed by atoms with van der Waals surface area (Å²) in [6.45, 7) is 7.47. The number of hydrogen-bond acceptors (Lipinski definition) is 7. The quantitative estimate of drug-likeness (QED) is 0.466. The fourth-order valence-corrected chi connectivity index (χ4v) is 2.90. The van der Waals surface area contributed by atoms with Crippen molar-refractivity contribution in [1.29, 1.82) is 0 Å². The number of nitrogens with zero attached hydrogens (tertiary/aromatic N) is 2. The number of likely N-dealkylation sites (tertiary alicyclic amines) is 1. The predicted molar refractivity (Wildman–Crippen MR) is 93.2 cm³/mol. The van der Waals surface area contributed by atoms with Gasteiger partial charge in [-0.15, -0.1) is 0 Å². The molecule has 2 atom stereocenters. The lowest BCUT2D eigenvalue weighted by molar-refractivity contribution is -0.0341. The third-order valence-corrected chi connectivity index (χ3v) is 4.28. The number of carbonyl (C=O) groups excluding carboxylic acids is 1. The lowest BCUT2D eigenvalue weighted by Crippen LogP contribution is -2.46. The zero-order chi connectivity index (χ0) is 19.0. The molecule has 148 valence electrons. The number of amides is 1. The summed E-state index contributed by atoms with van der Waals surface area (Å²) in [7, 11) is 0. The highest BCUT2D eigenvalue weighted by Gasteiger charge is 2.28. The minimum absolute atomic E-state index is 0.0430. The minimum atomic E-state index is -1.18. The van der Waals surface area contributed by atoms with E-state index in [1.54, 1.807) is 4.90 Å². The molecule has 25 heavy (non-hydrogen) atoms. The van der Waals surface area contributed by atoms with Crippen LogP contribution in [0.2, 0.25) is 0 Å². The summed E-state index contributed by atoms with van der Waals surface area (Å²) in [4.78, 5) is 15.7. The van der Waals surface area contributed by atoms with Crippen LogP contribution >= 0.6 is 0 Å². The molecule has 0 bridgehead atoms. The Balaban J connectivity index is 2.45. The molecular formula is C17H34N2O6. The molecule has 0 spiro atoms. The number of rotatable bonds is 8. The molecule has 1 aliphatic rings. The number of hydrogen-bond donors (Lipinski definition) is 4. The SMILES string of the molecule is CC(C)(C)OC(=O)N1CCC(CN(CCO)C[C@H](O)[C@@H](O)CO)CC1. The highest BCUT2D eigenvalue weighted by molar-refractivity contribution is 5.68. The Hall–Kier alpha value is -0.930. The van der Waals surface area contributed by atoms with Gasteiger partial charge in [-0.2, -0.15) is 0 Å². The van der Waals surface area contributed by atoms with Gasteiger partial charge in [0.2, 0.25) is 0 Å². The van der Waals surface area contributed by atoms with Crippen molar-refractivity contribution in [1.82, 2.24) is 9.80 Å². The van der Waals surface area contributed by atoms with Gasteiger partial charge in [0.25, 0.3) is 0 Å². The van der Waals surface area contributed by atoms with Crippen LogP contribution in [0.5, 0.6) is 0 Å². The second-order valence-corrected chi connectivity index (χ2v) is 7.71. The van der Waals surface area contributed by atoms with Gasteiger partial charge in [-0.05, 0) is 39.5 Å². The predicted octanol–water partition coefficient (Wildman–Crippen LogP) is -0.358. The molecular weight excluding hydrogens is 328 g/mol. The molecule has 1 fully saturated rings. The lowest BCUT2D eigenvalue weighted by Gasteiger charge is -2.36. The molecule has 0 aromatic heterocycles. The Kier molecular flexibility index (Phi) is 9.09. The highest BCUT2D eigenvalue weighted by Crippen LogP contribution is 2.21. The van der Waals surface area contributed by atoms with Crippen molar-refractivity contribution in [3.05, 3.63) is 0 Å². The average Bonchev–Trinajstić information content (AvgIpc) is 2.53. The molecule has 8 heteroatoms. The molecule has 0 unspecified atom stereocenters. The van der Waals surface area contributed by atoms with Gasteiger partial charge >= 0.3 is 6.09 Å². The fourth-order valence-electron chi connectivity index (χ4n) is 2.90. The highest BCUT2D eigenvalue weighted by atomic mass is 16.6. The van der Waals surface area contributed by atoms with E-state index in [1.165, 1.54) is 0 Å². The Labute approximate surface area is 150 Å². The smallest absolute Gasteiger partial charge is 0.410 e. The topological polar surface area (TPSA) is 114 Å². The first kappa shape index (κ1) is 22.1. The maximum Gasteiger partial charge on any atom is 0.410 e. The number of aliphatic hydroxyl groups is 4. The third kappa shape index (κ3) is 8.33. The molecule has 1 amide bonds. The van der Waals surface area contributed by atoms with E-state index in [1.807, 2.05) is 25.7 Å². The number of carbonyl (C=O) groups is 1. The molecule has 0 aromatic carbocycles. The molecule has 0 radical (unpaired) electrons. The number of piperidine rings is 1. The standard InChI is InChI=1S/C17H34N2O6/c1-17(2,3)25-16(24)19-6-4-13(5-7-19)10-18(8-9-20)11-14(22)15(23)12-21/h13-15,20-23H,4-12H2,1-3H3/t14-,15-/m0/s1. The van der Waals surface area contributed by atoms with Crippen molar-refractivity contribution in [2.75, 3.05) is 45.9 Å². The normalized spacial score (nSPS) is 19.1. The molecule has 0 aromatic rings. The average molecular weight is 362 g/mol. The van der Waals surface area contributed by atoms with Crippen LogP contribution in [0.1, 0.15) is 33.6 Å². The van der Waals surface area contributed by atoms with E-state index in [2.05, 4.69) is 0 Å². The van der Waals surface area contributed by atoms with Gasteiger partial charge in [-0.25, -0.2) is 4.79 Å². The van der Waals surface area contributed by atoms with Crippen molar-refractivity contribution in [3.8, 4) is 0 Å². The van der Waals surface area contributed by atoms with Gasteiger partial charge in [0.1, 0.15) is 11.7 Å². The van der Waals surface area contributed by atoms with Crippen LogP contribution in [0.4, 0.5) is 4.79 Å². The van der Waals surface area contributed by atoms with Crippen molar-refractivity contribution >= 4 is 6.09 Å².